The summed E-state index contributed by atoms with van der Waals surface area (Å²) in [6.07, 6.45) is -0.0748. The molecular formula is C10H12BrNO2. The van der Waals surface area contributed by atoms with Gasteiger partial charge in [0, 0.05) is 10.0 Å². The van der Waals surface area contributed by atoms with Crippen LogP contribution in [0.15, 0.2) is 28.7 Å². The van der Waals surface area contributed by atoms with E-state index in [0.29, 0.717) is 0 Å². The lowest BCUT2D eigenvalue weighted by Gasteiger charge is -2.22. The average molecular weight is 258 g/mol. The Hall–Kier alpha value is -0.870. The Labute approximate surface area is 91.1 Å². The SMILES string of the molecule is CC(N)(CC(=O)O)c1ccc(Br)cc1. The summed E-state index contributed by atoms with van der Waals surface area (Å²) in [5, 5.41) is 8.68. The Morgan fingerprint density at radius 1 is 1.50 bits per heavy atom. The van der Waals surface area contributed by atoms with Crippen molar-refractivity contribution in [2.45, 2.75) is 18.9 Å². The van der Waals surface area contributed by atoms with E-state index in [4.69, 9.17) is 10.8 Å². The minimum atomic E-state index is -0.891. The highest BCUT2D eigenvalue weighted by molar-refractivity contribution is 9.10. The third kappa shape index (κ3) is 2.82. The molecule has 76 valence electrons. The Kier molecular flexibility index (Phi) is 3.29. The largest absolute Gasteiger partial charge is 0.481 e. The van der Waals surface area contributed by atoms with Crippen LogP contribution in [-0.2, 0) is 10.3 Å². The van der Waals surface area contributed by atoms with Gasteiger partial charge in [0.2, 0.25) is 0 Å². The molecule has 0 radical (unpaired) electrons. The Morgan fingerprint density at radius 2 is 2.00 bits per heavy atom. The first-order chi connectivity index (χ1) is 6.42. The molecule has 3 nitrogen and oxygen atoms in total. The van der Waals surface area contributed by atoms with Gasteiger partial charge in [0.05, 0.1) is 6.42 Å². The van der Waals surface area contributed by atoms with Crippen LogP contribution in [0.25, 0.3) is 0 Å². The summed E-state index contributed by atoms with van der Waals surface area (Å²) in [5.74, 6) is -0.891. The Morgan fingerprint density at radius 3 is 2.43 bits per heavy atom. The van der Waals surface area contributed by atoms with Crippen LogP contribution in [0.1, 0.15) is 18.9 Å². The molecule has 0 amide bonds. The lowest BCUT2D eigenvalue weighted by Crippen LogP contribution is -2.35. The zero-order valence-corrected chi connectivity index (χ0v) is 9.41. The molecule has 4 heteroatoms. The summed E-state index contributed by atoms with van der Waals surface area (Å²) in [6.45, 7) is 1.71. The molecule has 0 spiro atoms. The van der Waals surface area contributed by atoms with Gasteiger partial charge in [-0.05, 0) is 24.6 Å². The number of carbonyl (C=O) groups is 1. The van der Waals surface area contributed by atoms with Gasteiger partial charge < -0.3 is 10.8 Å². The molecule has 0 aliphatic rings. The fraction of sp³-hybridized carbons (Fsp3) is 0.300. The maximum atomic E-state index is 10.6. The van der Waals surface area contributed by atoms with Crippen molar-refractivity contribution in [3.63, 3.8) is 0 Å². The highest BCUT2D eigenvalue weighted by Gasteiger charge is 2.24. The van der Waals surface area contributed by atoms with Crippen molar-refractivity contribution in [1.29, 1.82) is 0 Å². The van der Waals surface area contributed by atoms with Crippen molar-refractivity contribution < 1.29 is 9.90 Å². The van der Waals surface area contributed by atoms with Crippen molar-refractivity contribution in [2.75, 3.05) is 0 Å². The molecule has 0 aliphatic carbocycles. The van der Waals surface area contributed by atoms with E-state index in [1.807, 2.05) is 24.3 Å². The van der Waals surface area contributed by atoms with Crippen LogP contribution in [-0.4, -0.2) is 11.1 Å². The van der Waals surface area contributed by atoms with Crippen molar-refractivity contribution in [3.8, 4) is 0 Å². The number of nitrogens with two attached hydrogens (primary N) is 1. The van der Waals surface area contributed by atoms with E-state index < -0.39 is 11.5 Å². The third-order valence-electron chi connectivity index (χ3n) is 2.02. The monoisotopic (exact) mass is 257 g/mol. The van der Waals surface area contributed by atoms with E-state index in [-0.39, 0.29) is 6.42 Å². The number of hydrogen-bond acceptors (Lipinski definition) is 2. The molecule has 1 aromatic carbocycles. The van der Waals surface area contributed by atoms with Gasteiger partial charge in [-0.25, -0.2) is 0 Å². The standard InChI is InChI=1S/C10H12BrNO2/c1-10(12,6-9(13)14)7-2-4-8(11)5-3-7/h2-5H,6,12H2,1H3,(H,13,14). The first kappa shape index (κ1) is 11.2. The van der Waals surface area contributed by atoms with Crippen LogP contribution in [0.4, 0.5) is 0 Å². The van der Waals surface area contributed by atoms with Crippen LogP contribution < -0.4 is 5.73 Å². The fourth-order valence-electron chi connectivity index (χ4n) is 1.25. The summed E-state index contributed by atoms with van der Waals surface area (Å²) < 4.78 is 0.951. The third-order valence-corrected chi connectivity index (χ3v) is 2.55. The lowest BCUT2D eigenvalue weighted by molar-refractivity contribution is -0.138. The normalized spacial score (nSPS) is 14.8. The maximum Gasteiger partial charge on any atom is 0.305 e. The Balaban J connectivity index is 2.91. The molecule has 0 fully saturated rings. The number of hydrogen-bond donors (Lipinski definition) is 2. The van der Waals surface area contributed by atoms with Crippen LogP contribution >= 0.6 is 15.9 Å². The van der Waals surface area contributed by atoms with Crippen molar-refractivity contribution >= 4 is 21.9 Å². The molecule has 14 heavy (non-hydrogen) atoms. The minimum Gasteiger partial charge on any atom is -0.481 e. The molecule has 1 aromatic rings. The molecule has 0 saturated carbocycles. The van der Waals surface area contributed by atoms with E-state index in [2.05, 4.69) is 15.9 Å². The first-order valence-electron chi connectivity index (χ1n) is 4.18. The molecule has 1 atom stereocenters. The van der Waals surface area contributed by atoms with Gasteiger partial charge in [0.25, 0.3) is 0 Å². The zero-order valence-electron chi connectivity index (χ0n) is 7.83. The van der Waals surface area contributed by atoms with Gasteiger partial charge >= 0.3 is 5.97 Å². The second-order valence-corrected chi connectivity index (χ2v) is 4.41. The van der Waals surface area contributed by atoms with Crippen molar-refractivity contribution in [1.82, 2.24) is 0 Å². The van der Waals surface area contributed by atoms with Crippen molar-refractivity contribution in [2.24, 2.45) is 5.73 Å². The highest BCUT2D eigenvalue weighted by atomic mass is 79.9. The van der Waals surface area contributed by atoms with E-state index in [0.717, 1.165) is 10.0 Å². The zero-order chi connectivity index (χ0) is 10.8. The second kappa shape index (κ2) is 4.11. The maximum absolute atomic E-state index is 10.6. The topological polar surface area (TPSA) is 63.3 Å². The van der Waals surface area contributed by atoms with Gasteiger partial charge in [-0.2, -0.15) is 0 Å². The molecule has 0 aliphatic heterocycles. The molecular weight excluding hydrogens is 246 g/mol. The highest BCUT2D eigenvalue weighted by Crippen LogP contribution is 2.23. The molecule has 0 aromatic heterocycles. The van der Waals surface area contributed by atoms with Gasteiger partial charge in [0.15, 0.2) is 0 Å². The smallest absolute Gasteiger partial charge is 0.305 e. The number of rotatable bonds is 3. The molecule has 0 heterocycles. The van der Waals surface area contributed by atoms with Crippen LogP contribution in [0.3, 0.4) is 0 Å². The van der Waals surface area contributed by atoms with E-state index in [1.165, 1.54) is 0 Å². The van der Waals surface area contributed by atoms with Gasteiger partial charge in [-0.1, -0.05) is 28.1 Å². The van der Waals surface area contributed by atoms with Crippen LogP contribution in [0.5, 0.6) is 0 Å². The quantitative estimate of drug-likeness (QED) is 0.872. The summed E-state index contributed by atoms with van der Waals surface area (Å²) in [5.41, 5.74) is 5.90. The summed E-state index contributed by atoms with van der Waals surface area (Å²) in [4.78, 5) is 10.6. The minimum absolute atomic E-state index is 0.0748. The fourth-order valence-corrected chi connectivity index (χ4v) is 1.51. The molecule has 1 rings (SSSR count). The van der Waals surface area contributed by atoms with E-state index in [1.54, 1.807) is 6.92 Å². The van der Waals surface area contributed by atoms with Crippen LogP contribution in [0, 0.1) is 0 Å². The number of carboxylic acid groups (broad SMARTS) is 1. The molecule has 1 unspecified atom stereocenters. The first-order valence-corrected chi connectivity index (χ1v) is 4.98. The number of benzene rings is 1. The number of halogens is 1. The van der Waals surface area contributed by atoms with Gasteiger partial charge in [-0.3, -0.25) is 4.79 Å². The van der Waals surface area contributed by atoms with E-state index in [9.17, 15) is 4.79 Å². The molecule has 3 N–H and O–H groups in total. The number of aliphatic carboxylic acids is 1. The van der Waals surface area contributed by atoms with Crippen LogP contribution in [0.2, 0.25) is 0 Å². The summed E-state index contributed by atoms with van der Waals surface area (Å²) in [7, 11) is 0. The summed E-state index contributed by atoms with van der Waals surface area (Å²) >= 11 is 3.31. The summed E-state index contributed by atoms with van der Waals surface area (Å²) in [6, 6.07) is 7.35. The predicted molar refractivity (Wildman–Crippen MR) is 57.9 cm³/mol. The number of carboxylic acids is 1. The Bertz CT molecular complexity index is 332. The lowest BCUT2D eigenvalue weighted by atomic mass is 9.90. The average Bonchev–Trinajstić information content (AvgIpc) is 2.02. The van der Waals surface area contributed by atoms with E-state index >= 15 is 0 Å². The van der Waals surface area contributed by atoms with Crippen molar-refractivity contribution in [3.05, 3.63) is 34.3 Å². The molecule has 0 bridgehead atoms. The van der Waals surface area contributed by atoms with Gasteiger partial charge in [-0.15, -0.1) is 0 Å². The predicted octanol–water partition coefficient (Wildman–Crippen LogP) is 2.10. The molecule has 0 saturated heterocycles. The van der Waals surface area contributed by atoms with Gasteiger partial charge in [0.1, 0.15) is 0 Å². The second-order valence-electron chi connectivity index (χ2n) is 3.49.